The Kier molecular flexibility index (Phi) is 3.41. The summed E-state index contributed by atoms with van der Waals surface area (Å²) in [6, 6.07) is -0.686. The molecule has 2 unspecified atom stereocenters. The molecule has 0 spiro atoms. The zero-order valence-electron chi connectivity index (χ0n) is 11.1. The number of carbonyl (C=O) groups excluding carboxylic acids is 3. The van der Waals surface area contributed by atoms with Crippen LogP contribution in [0.3, 0.4) is 0 Å². The van der Waals surface area contributed by atoms with Crippen molar-refractivity contribution in [3.05, 3.63) is 0 Å². The average molecular weight is 252 g/mol. The number of nitrogens with one attached hydrogen (secondary N) is 1. The summed E-state index contributed by atoms with van der Waals surface area (Å²) in [6.07, 6.45) is 3.21. The number of nitrogens with zero attached hydrogens (tertiary/aromatic N) is 1. The van der Waals surface area contributed by atoms with E-state index in [0.717, 1.165) is 6.42 Å². The summed E-state index contributed by atoms with van der Waals surface area (Å²) in [4.78, 5) is 37.0. The first kappa shape index (κ1) is 13.1. The van der Waals surface area contributed by atoms with Crippen LogP contribution in [-0.2, 0) is 9.59 Å². The Morgan fingerprint density at radius 2 is 1.83 bits per heavy atom. The molecule has 0 bridgehead atoms. The number of urea groups is 1. The predicted molar refractivity (Wildman–Crippen MR) is 65.5 cm³/mol. The second-order valence-corrected chi connectivity index (χ2v) is 5.75. The molecule has 0 aromatic carbocycles. The summed E-state index contributed by atoms with van der Waals surface area (Å²) in [6.45, 7) is 5.52. The minimum absolute atomic E-state index is 0.0961. The highest BCUT2D eigenvalue weighted by Gasteiger charge is 2.44. The third-order valence-corrected chi connectivity index (χ3v) is 3.71. The van der Waals surface area contributed by atoms with Crippen molar-refractivity contribution in [2.45, 2.75) is 46.1 Å². The topological polar surface area (TPSA) is 66.5 Å². The Balaban J connectivity index is 2.14. The minimum Gasteiger partial charge on any atom is -0.277 e. The lowest BCUT2D eigenvalue weighted by atomic mass is 9.91. The fourth-order valence-electron chi connectivity index (χ4n) is 2.55. The molecule has 1 N–H and O–H groups in total. The first-order valence-electron chi connectivity index (χ1n) is 6.59. The van der Waals surface area contributed by atoms with Gasteiger partial charge in [0.2, 0.25) is 11.8 Å². The van der Waals surface area contributed by atoms with Gasteiger partial charge >= 0.3 is 6.03 Å². The SMILES string of the molecule is CC(C)C1C(=O)NC(=O)N(C(C)CC2CC2)C1=O. The van der Waals surface area contributed by atoms with Gasteiger partial charge < -0.3 is 0 Å². The molecule has 4 amide bonds. The molecule has 18 heavy (non-hydrogen) atoms. The maximum absolute atomic E-state index is 12.3. The number of hydrogen-bond donors (Lipinski definition) is 1. The third kappa shape index (κ3) is 2.40. The number of rotatable bonds is 4. The van der Waals surface area contributed by atoms with Gasteiger partial charge in [0.05, 0.1) is 0 Å². The summed E-state index contributed by atoms with van der Waals surface area (Å²) in [5, 5.41) is 2.29. The molecule has 0 aromatic heterocycles. The van der Waals surface area contributed by atoms with Crippen LogP contribution in [0, 0.1) is 17.8 Å². The van der Waals surface area contributed by atoms with E-state index in [9.17, 15) is 14.4 Å². The summed E-state index contributed by atoms with van der Waals surface area (Å²) in [7, 11) is 0. The molecule has 0 radical (unpaired) electrons. The lowest BCUT2D eigenvalue weighted by Gasteiger charge is -2.35. The molecule has 1 saturated carbocycles. The van der Waals surface area contributed by atoms with Crippen molar-refractivity contribution in [1.82, 2.24) is 10.2 Å². The van der Waals surface area contributed by atoms with Crippen LogP contribution >= 0.6 is 0 Å². The fourth-order valence-corrected chi connectivity index (χ4v) is 2.55. The zero-order chi connectivity index (χ0) is 13.4. The molecule has 5 nitrogen and oxygen atoms in total. The highest BCUT2D eigenvalue weighted by molar-refractivity contribution is 6.16. The van der Waals surface area contributed by atoms with E-state index in [0.29, 0.717) is 5.92 Å². The molecule has 1 saturated heterocycles. The first-order valence-corrected chi connectivity index (χ1v) is 6.59. The zero-order valence-corrected chi connectivity index (χ0v) is 11.1. The largest absolute Gasteiger partial charge is 0.331 e. The maximum Gasteiger partial charge on any atom is 0.331 e. The van der Waals surface area contributed by atoms with Gasteiger partial charge in [-0.3, -0.25) is 19.8 Å². The first-order chi connectivity index (χ1) is 8.41. The maximum atomic E-state index is 12.3. The van der Waals surface area contributed by atoms with Gasteiger partial charge in [-0.1, -0.05) is 26.7 Å². The second kappa shape index (κ2) is 4.71. The van der Waals surface area contributed by atoms with E-state index in [1.165, 1.54) is 17.7 Å². The van der Waals surface area contributed by atoms with Crippen molar-refractivity contribution in [2.24, 2.45) is 17.8 Å². The Hall–Kier alpha value is -1.39. The van der Waals surface area contributed by atoms with Crippen molar-refractivity contribution < 1.29 is 14.4 Å². The van der Waals surface area contributed by atoms with Crippen LogP contribution in [0.2, 0.25) is 0 Å². The van der Waals surface area contributed by atoms with E-state index in [1.54, 1.807) is 0 Å². The van der Waals surface area contributed by atoms with E-state index in [2.05, 4.69) is 5.32 Å². The third-order valence-electron chi connectivity index (χ3n) is 3.71. The fraction of sp³-hybridized carbons (Fsp3) is 0.769. The number of imide groups is 2. The summed E-state index contributed by atoms with van der Waals surface area (Å²) in [5.41, 5.74) is 0. The molecule has 1 heterocycles. The number of amides is 4. The number of carbonyl (C=O) groups is 3. The summed E-state index contributed by atoms with van der Waals surface area (Å²) < 4.78 is 0. The number of barbiturate groups is 1. The van der Waals surface area contributed by atoms with Gasteiger partial charge in [-0.05, 0) is 25.2 Å². The number of hydrogen-bond acceptors (Lipinski definition) is 3. The Labute approximate surface area is 107 Å². The second-order valence-electron chi connectivity index (χ2n) is 5.75. The van der Waals surface area contributed by atoms with Crippen LogP contribution in [0.1, 0.15) is 40.0 Å². The van der Waals surface area contributed by atoms with Gasteiger partial charge in [0.1, 0.15) is 5.92 Å². The molecular formula is C13H20N2O3. The van der Waals surface area contributed by atoms with Crippen molar-refractivity contribution in [3.63, 3.8) is 0 Å². The molecule has 5 heteroatoms. The lowest BCUT2D eigenvalue weighted by molar-refractivity contribution is -0.145. The van der Waals surface area contributed by atoms with Crippen molar-refractivity contribution in [3.8, 4) is 0 Å². The molecule has 2 fully saturated rings. The van der Waals surface area contributed by atoms with Crippen LogP contribution < -0.4 is 5.32 Å². The predicted octanol–water partition coefficient (Wildman–Crippen LogP) is 1.53. The molecular weight excluding hydrogens is 232 g/mol. The van der Waals surface area contributed by atoms with E-state index in [4.69, 9.17) is 0 Å². The van der Waals surface area contributed by atoms with E-state index in [-0.39, 0.29) is 17.9 Å². The molecule has 100 valence electrons. The van der Waals surface area contributed by atoms with Gasteiger partial charge in [0.25, 0.3) is 0 Å². The summed E-state index contributed by atoms with van der Waals surface area (Å²) in [5.74, 6) is -0.997. The van der Waals surface area contributed by atoms with Gasteiger partial charge in [-0.15, -0.1) is 0 Å². The average Bonchev–Trinajstić information content (AvgIpc) is 2.99. The quantitative estimate of drug-likeness (QED) is 0.771. The molecule has 1 aliphatic heterocycles. The molecule has 2 atom stereocenters. The lowest BCUT2D eigenvalue weighted by Crippen LogP contribution is -2.61. The standard InChI is InChI=1S/C13H20N2O3/c1-7(2)10-11(16)14-13(18)15(12(10)17)8(3)6-9-4-5-9/h7-10H,4-6H2,1-3H3,(H,14,16,18). The highest BCUT2D eigenvalue weighted by Crippen LogP contribution is 2.35. The van der Waals surface area contributed by atoms with Crippen LogP contribution in [0.15, 0.2) is 0 Å². The monoisotopic (exact) mass is 252 g/mol. The Bertz CT molecular complexity index is 388. The van der Waals surface area contributed by atoms with Gasteiger partial charge in [-0.25, -0.2) is 4.79 Å². The van der Waals surface area contributed by atoms with Crippen LogP contribution in [0.25, 0.3) is 0 Å². The van der Waals surface area contributed by atoms with Crippen molar-refractivity contribution in [2.75, 3.05) is 0 Å². The smallest absolute Gasteiger partial charge is 0.277 e. The molecule has 0 aromatic rings. The molecule has 2 aliphatic rings. The molecule has 2 rings (SSSR count). The van der Waals surface area contributed by atoms with Crippen LogP contribution in [-0.4, -0.2) is 28.8 Å². The van der Waals surface area contributed by atoms with Gasteiger partial charge in [0.15, 0.2) is 0 Å². The van der Waals surface area contributed by atoms with E-state index < -0.39 is 17.9 Å². The van der Waals surface area contributed by atoms with Crippen LogP contribution in [0.4, 0.5) is 4.79 Å². The summed E-state index contributed by atoms with van der Waals surface area (Å²) >= 11 is 0. The minimum atomic E-state index is -0.732. The highest BCUT2D eigenvalue weighted by atomic mass is 16.2. The molecule has 1 aliphatic carbocycles. The van der Waals surface area contributed by atoms with E-state index in [1.807, 2.05) is 20.8 Å². The van der Waals surface area contributed by atoms with Crippen LogP contribution in [0.5, 0.6) is 0 Å². The van der Waals surface area contributed by atoms with Gasteiger partial charge in [0, 0.05) is 6.04 Å². The Morgan fingerprint density at radius 1 is 1.22 bits per heavy atom. The Morgan fingerprint density at radius 3 is 2.33 bits per heavy atom. The van der Waals surface area contributed by atoms with E-state index >= 15 is 0 Å². The van der Waals surface area contributed by atoms with Crippen molar-refractivity contribution >= 4 is 17.8 Å². The normalized spacial score (nSPS) is 26.6. The van der Waals surface area contributed by atoms with Gasteiger partial charge in [-0.2, -0.15) is 0 Å². The van der Waals surface area contributed by atoms with Crippen molar-refractivity contribution in [1.29, 1.82) is 0 Å².